The summed E-state index contributed by atoms with van der Waals surface area (Å²) in [6.07, 6.45) is 0.819. The van der Waals surface area contributed by atoms with Crippen molar-refractivity contribution in [1.82, 2.24) is 5.32 Å². The molecule has 0 saturated carbocycles. The van der Waals surface area contributed by atoms with Gasteiger partial charge in [-0.25, -0.2) is 0 Å². The summed E-state index contributed by atoms with van der Waals surface area (Å²) in [6.45, 7) is 6.03. The molecular formula is C18H22N2O. The topological polar surface area (TPSA) is 55.1 Å². The van der Waals surface area contributed by atoms with E-state index in [1.165, 1.54) is 11.1 Å². The number of rotatable bonds is 4. The lowest BCUT2D eigenvalue weighted by Gasteiger charge is -2.16. The Balaban J connectivity index is 2.02. The lowest BCUT2D eigenvalue weighted by molar-refractivity contribution is 0.0940. The zero-order valence-electron chi connectivity index (χ0n) is 12.8. The number of aryl methyl sites for hydroxylation is 2. The third kappa shape index (κ3) is 3.85. The monoisotopic (exact) mass is 282 g/mol. The van der Waals surface area contributed by atoms with Gasteiger partial charge in [0.15, 0.2) is 0 Å². The summed E-state index contributed by atoms with van der Waals surface area (Å²) < 4.78 is 0. The number of nitrogens with two attached hydrogens (primary N) is 1. The second-order valence-corrected chi connectivity index (χ2v) is 5.58. The largest absolute Gasteiger partial charge is 0.398 e. The highest BCUT2D eigenvalue weighted by Gasteiger charge is 2.12. The van der Waals surface area contributed by atoms with Gasteiger partial charge in [0, 0.05) is 17.3 Å². The lowest BCUT2D eigenvalue weighted by atomic mass is 10.0. The van der Waals surface area contributed by atoms with Crippen molar-refractivity contribution < 1.29 is 4.79 Å². The van der Waals surface area contributed by atoms with Crippen LogP contribution in [-0.4, -0.2) is 11.9 Å². The van der Waals surface area contributed by atoms with Gasteiger partial charge in [0.05, 0.1) is 0 Å². The van der Waals surface area contributed by atoms with Gasteiger partial charge in [-0.3, -0.25) is 4.79 Å². The molecule has 1 amide bonds. The summed E-state index contributed by atoms with van der Waals surface area (Å²) in [5, 5.41) is 3.02. The van der Waals surface area contributed by atoms with Crippen LogP contribution in [0.3, 0.4) is 0 Å². The minimum atomic E-state index is -0.0808. The van der Waals surface area contributed by atoms with Crippen LogP contribution in [0.4, 0.5) is 5.69 Å². The number of nitrogens with one attached hydrogen (secondary N) is 1. The molecule has 0 aromatic heterocycles. The highest BCUT2D eigenvalue weighted by atomic mass is 16.1. The van der Waals surface area contributed by atoms with Crippen molar-refractivity contribution in [3.63, 3.8) is 0 Å². The summed E-state index contributed by atoms with van der Waals surface area (Å²) >= 11 is 0. The van der Waals surface area contributed by atoms with Crippen molar-refractivity contribution in [2.75, 3.05) is 5.73 Å². The van der Waals surface area contributed by atoms with Crippen molar-refractivity contribution in [2.24, 2.45) is 0 Å². The Labute approximate surface area is 126 Å². The molecule has 0 aliphatic heterocycles. The second kappa shape index (κ2) is 6.44. The number of anilines is 1. The Bertz CT molecular complexity index is 649. The number of hydrogen-bond acceptors (Lipinski definition) is 2. The third-order valence-electron chi connectivity index (χ3n) is 3.71. The summed E-state index contributed by atoms with van der Waals surface area (Å²) in [5.41, 5.74) is 10.6. The van der Waals surface area contributed by atoms with Gasteiger partial charge in [-0.1, -0.05) is 30.3 Å². The van der Waals surface area contributed by atoms with Crippen molar-refractivity contribution in [2.45, 2.75) is 33.2 Å². The number of carbonyl (C=O) groups excluding carboxylic acids is 1. The molecule has 0 saturated heterocycles. The molecule has 3 nitrogen and oxygen atoms in total. The van der Waals surface area contributed by atoms with E-state index in [0.29, 0.717) is 11.3 Å². The first-order chi connectivity index (χ1) is 9.97. The van der Waals surface area contributed by atoms with Crippen molar-refractivity contribution in [1.29, 1.82) is 0 Å². The lowest BCUT2D eigenvalue weighted by Crippen LogP contribution is -2.34. The second-order valence-electron chi connectivity index (χ2n) is 5.58. The van der Waals surface area contributed by atoms with Crippen LogP contribution in [0, 0.1) is 13.8 Å². The van der Waals surface area contributed by atoms with E-state index in [1.807, 2.05) is 38.1 Å². The van der Waals surface area contributed by atoms with Crippen molar-refractivity contribution in [3.8, 4) is 0 Å². The SMILES string of the molecule is Cc1ccc(C(=O)NC(C)Cc2ccccc2C)cc1N. The molecule has 0 bridgehead atoms. The molecule has 21 heavy (non-hydrogen) atoms. The van der Waals surface area contributed by atoms with E-state index >= 15 is 0 Å². The molecular weight excluding hydrogens is 260 g/mol. The summed E-state index contributed by atoms with van der Waals surface area (Å²) in [7, 11) is 0. The molecule has 110 valence electrons. The zero-order chi connectivity index (χ0) is 15.4. The van der Waals surface area contributed by atoms with E-state index < -0.39 is 0 Å². The van der Waals surface area contributed by atoms with E-state index in [2.05, 4.69) is 24.4 Å². The first-order valence-electron chi connectivity index (χ1n) is 7.19. The predicted molar refractivity (Wildman–Crippen MR) is 87.4 cm³/mol. The number of nitrogen functional groups attached to an aromatic ring is 1. The third-order valence-corrected chi connectivity index (χ3v) is 3.71. The molecule has 0 heterocycles. The van der Waals surface area contributed by atoms with Crippen LogP contribution >= 0.6 is 0 Å². The van der Waals surface area contributed by atoms with Gasteiger partial charge in [-0.2, -0.15) is 0 Å². The standard InChI is InChI=1S/C18H22N2O/c1-12-6-4-5-7-15(12)10-14(3)20-18(21)16-9-8-13(2)17(19)11-16/h4-9,11,14H,10,19H2,1-3H3,(H,20,21). The summed E-state index contributed by atoms with van der Waals surface area (Å²) in [5.74, 6) is -0.0808. The van der Waals surface area contributed by atoms with E-state index in [0.717, 1.165) is 12.0 Å². The maximum atomic E-state index is 12.2. The molecule has 1 unspecified atom stereocenters. The molecule has 2 aromatic carbocycles. The Kier molecular flexibility index (Phi) is 4.63. The Morgan fingerprint density at radius 1 is 1.14 bits per heavy atom. The molecule has 3 N–H and O–H groups in total. The van der Waals surface area contributed by atoms with Gasteiger partial charge in [-0.05, 0) is 56.0 Å². The average molecular weight is 282 g/mol. The number of benzene rings is 2. The van der Waals surface area contributed by atoms with Crippen molar-refractivity contribution >= 4 is 11.6 Å². The fraction of sp³-hybridized carbons (Fsp3) is 0.278. The molecule has 0 fully saturated rings. The smallest absolute Gasteiger partial charge is 0.251 e. The molecule has 1 atom stereocenters. The van der Waals surface area contributed by atoms with Crippen LogP contribution < -0.4 is 11.1 Å². The van der Waals surface area contributed by atoms with Crippen LogP contribution in [0.2, 0.25) is 0 Å². The predicted octanol–water partition coefficient (Wildman–Crippen LogP) is 3.25. The fourth-order valence-corrected chi connectivity index (χ4v) is 2.31. The van der Waals surface area contributed by atoms with E-state index in [1.54, 1.807) is 6.07 Å². The quantitative estimate of drug-likeness (QED) is 0.846. The van der Waals surface area contributed by atoms with E-state index in [-0.39, 0.29) is 11.9 Å². The molecule has 0 radical (unpaired) electrons. The van der Waals surface area contributed by atoms with Gasteiger partial charge >= 0.3 is 0 Å². The molecule has 2 rings (SSSR count). The summed E-state index contributed by atoms with van der Waals surface area (Å²) in [6, 6.07) is 13.7. The van der Waals surface area contributed by atoms with Crippen LogP contribution in [0.1, 0.15) is 34.0 Å². The van der Waals surface area contributed by atoms with Crippen LogP contribution in [0.25, 0.3) is 0 Å². The van der Waals surface area contributed by atoms with Crippen LogP contribution in [0.5, 0.6) is 0 Å². The Morgan fingerprint density at radius 2 is 1.86 bits per heavy atom. The van der Waals surface area contributed by atoms with Crippen molar-refractivity contribution in [3.05, 3.63) is 64.7 Å². The van der Waals surface area contributed by atoms with Crippen LogP contribution in [-0.2, 0) is 6.42 Å². The van der Waals surface area contributed by atoms with E-state index in [4.69, 9.17) is 5.73 Å². The molecule has 0 aliphatic carbocycles. The first kappa shape index (κ1) is 15.1. The van der Waals surface area contributed by atoms with Gasteiger partial charge < -0.3 is 11.1 Å². The van der Waals surface area contributed by atoms with E-state index in [9.17, 15) is 4.79 Å². The summed E-state index contributed by atoms with van der Waals surface area (Å²) in [4.78, 5) is 12.2. The minimum Gasteiger partial charge on any atom is -0.398 e. The normalized spacial score (nSPS) is 12.0. The Hall–Kier alpha value is -2.29. The molecule has 2 aromatic rings. The maximum absolute atomic E-state index is 12.2. The average Bonchev–Trinajstić information content (AvgIpc) is 2.44. The molecule has 0 aliphatic rings. The van der Waals surface area contributed by atoms with Gasteiger partial charge in [0.1, 0.15) is 0 Å². The highest BCUT2D eigenvalue weighted by Crippen LogP contribution is 2.14. The first-order valence-corrected chi connectivity index (χ1v) is 7.19. The van der Waals surface area contributed by atoms with Gasteiger partial charge in [-0.15, -0.1) is 0 Å². The van der Waals surface area contributed by atoms with Crippen LogP contribution in [0.15, 0.2) is 42.5 Å². The van der Waals surface area contributed by atoms with Gasteiger partial charge in [0.25, 0.3) is 5.91 Å². The minimum absolute atomic E-state index is 0.0705. The maximum Gasteiger partial charge on any atom is 0.251 e. The van der Waals surface area contributed by atoms with Gasteiger partial charge in [0.2, 0.25) is 0 Å². The number of hydrogen-bond donors (Lipinski definition) is 2. The zero-order valence-corrected chi connectivity index (χ0v) is 12.8. The Morgan fingerprint density at radius 3 is 2.52 bits per heavy atom. The molecule has 0 spiro atoms. The molecule has 3 heteroatoms. The highest BCUT2D eigenvalue weighted by molar-refractivity contribution is 5.95. The fourth-order valence-electron chi connectivity index (χ4n) is 2.31. The number of carbonyl (C=O) groups is 1. The number of amides is 1.